The summed E-state index contributed by atoms with van der Waals surface area (Å²) in [7, 11) is 0. The quantitative estimate of drug-likeness (QED) is 0.193. The van der Waals surface area contributed by atoms with Crippen molar-refractivity contribution < 1.29 is 42.9 Å². The van der Waals surface area contributed by atoms with Crippen LogP contribution in [0, 0.1) is 0 Å². The van der Waals surface area contributed by atoms with Crippen molar-refractivity contribution in [3.05, 3.63) is 144 Å². The summed E-state index contributed by atoms with van der Waals surface area (Å²) in [5.41, 5.74) is -0.901. The molecular weight excluding hydrogens is 552 g/mol. The first-order chi connectivity index (χ1) is 20.8. The van der Waals surface area contributed by atoms with E-state index in [0.29, 0.717) is 5.56 Å². The summed E-state index contributed by atoms with van der Waals surface area (Å²) in [5, 5.41) is 0. The van der Waals surface area contributed by atoms with E-state index in [9.17, 15) is 19.2 Å². The van der Waals surface area contributed by atoms with Crippen LogP contribution in [0.15, 0.2) is 121 Å². The third-order valence-electron chi connectivity index (χ3n) is 6.85. The van der Waals surface area contributed by atoms with Gasteiger partial charge in [-0.2, -0.15) is 0 Å². The lowest BCUT2D eigenvalue weighted by atomic mass is 9.96. The molecule has 218 valence electrons. The van der Waals surface area contributed by atoms with Crippen molar-refractivity contribution in [2.24, 2.45) is 0 Å². The standard InChI is InChI=1S/C34H28O9/c1-34(43-32(38)26-20-12-5-13-21-26)28(41-30(36)24-16-8-3-9-17-24)27(22-39-29(35)23-14-6-2-7-15-23)40-33(34)42-31(37)25-18-10-4-11-19-25/h2-21,27-28,33H,22H2,1H3/t27?,28-,33?,34-/m1/s1. The van der Waals surface area contributed by atoms with Gasteiger partial charge in [0.1, 0.15) is 12.7 Å². The van der Waals surface area contributed by atoms with Crippen LogP contribution in [-0.2, 0) is 23.7 Å². The van der Waals surface area contributed by atoms with Crippen LogP contribution in [0.5, 0.6) is 0 Å². The molecule has 1 heterocycles. The molecule has 2 unspecified atom stereocenters. The zero-order chi connectivity index (χ0) is 30.2. The number of carbonyl (C=O) groups is 4. The van der Waals surface area contributed by atoms with Gasteiger partial charge >= 0.3 is 23.9 Å². The number of carbonyl (C=O) groups excluding carboxylic acids is 4. The minimum absolute atomic E-state index is 0.212. The molecule has 4 atom stereocenters. The summed E-state index contributed by atoms with van der Waals surface area (Å²) < 4.78 is 29.1. The molecule has 9 heteroatoms. The number of esters is 4. The average Bonchev–Trinajstić information content (AvgIpc) is 3.30. The molecule has 9 nitrogen and oxygen atoms in total. The molecule has 5 rings (SSSR count). The Morgan fingerprint density at radius 1 is 0.581 bits per heavy atom. The SMILES string of the molecule is C[C@]1(OC(=O)c2ccccc2)C(OC(=O)c2ccccc2)OC(COC(=O)c2ccccc2)[C@H]1OC(=O)c1ccccc1. The molecule has 0 amide bonds. The number of hydrogen-bond acceptors (Lipinski definition) is 9. The second kappa shape index (κ2) is 13.1. The Balaban J connectivity index is 1.48. The zero-order valence-electron chi connectivity index (χ0n) is 23.2. The van der Waals surface area contributed by atoms with Crippen LogP contribution in [0.3, 0.4) is 0 Å². The molecule has 0 aliphatic carbocycles. The molecule has 1 saturated heterocycles. The molecule has 0 N–H and O–H groups in total. The first-order valence-electron chi connectivity index (χ1n) is 13.5. The molecule has 0 spiro atoms. The zero-order valence-corrected chi connectivity index (χ0v) is 23.2. The minimum atomic E-state index is -1.86. The van der Waals surface area contributed by atoms with Gasteiger partial charge in [-0.25, -0.2) is 19.2 Å². The lowest BCUT2D eigenvalue weighted by Crippen LogP contribution is -2.53. The molecule has 4 aromatic rings. The molecule has 1 fully saturated rings. The summed E-state index contributed by atoms with van der Waals surface area (Å²) >= 11 is 0. The van der Waals surface area contributed by atoms with Crippen molar-refractivity contribution in [1.29, 1.82) is 0 Å². The van der Waals surface area contributed by atoms with E-state index in [1.54, 1.807) is 121 Å². The Kier molecular flexibility index (Phi) is 8.93. The van der Waals surface area contributed by atoms with E-state index in [4.69, 9.17) is 23.7 Å². The smallest absolute Gasteiger partial charge is 0.340 e. The highest BCUT2D eigenvalue weighted by molar-refractivity contribution is 5.91. The Morgan fingerprint density at radius 3 is 1.44 bits per heavy atom. The van der Waals surface area contributed by atoms with Crippen LogP contribution in [0.1, 0.15) is 48.4 Å². The van der Waals surface area contributed by atoms with Crippen molar-refractivity contribution in [2.75, 3.05) is 6.61 Å². The van der Waals surface area contributed by atoms with Gasteiger partial charge < -0.3 is 23.7 Å². The van der Waals surface area contributed by atoms with E-state index >= 15 is 0 Å². The van der Waals surface area contributed by atoms with Crippen molar-refractivity contribution in [2.45, 2.75) is 31.0 Å². The van der Waals surface area contributed by atoms with Crippen molar-refractivity contribution in [3.63, 3.8) is 0 Å². The molecule has 1 aliphatic rings. The van der Waals surface area contributed by atoms with Gasteiger partial charge in [0.15, 0.2) is 6.10 Å². The van der Waals surface area contributed by atoms with Crippen molar-refractivity contribution in [1.82, 2.24) is 0 Å². The van der Waals surface area contributed by atoms with E-state index in [1.807, 2.05) is 0 Å². The summed E-state index contributed by atoms with van der Waals surface area (Å²) in [6.45, 7) is 1.04. The van der Waals surface area contributed by atoms with Gasteiger partial charge in [0.2, 0.25) is 11.9 Å². The molecule has 0 aromatic heterocycles. The van der Waals surface area contributed by atoms with Crippen LogP contribution in [-0.4, -0.2) is 54.6 Å². The maximum absolute atomic E-state index is 13.3. The van der Waals surface area contributed by atoms with Crippen molar-refractivity contribution >= 4 is 23.9 Å². The van der Waals surface area contributed by atoms with Gasteiger partial charge in [-0.15, -0.1) is 0 Å². The summed E-state index contributed by atoms with van der Waals surface area (Å²) in [6.07, 6.45) is -4.07. The topological polar surface area (TPSA) is 114 Å². The summed E-state index contributed by atoms with van der Waals surface area (Å²) in [4.78, 5) is 52.5. The van der Waals surface area contributed by atoms with Crippen LogP contribution in [0.2, 0.25) is 0 Å². The van der Waals surface area contributed by atoms with Gasteiger partial charge in [0.25, 0.3) is 0 Å². The monoisotopic (exact) mass is 580 g/mol. The normalized spacial score (nSPS) is 20.9. The van der Waals surface area contributed by atoms with E-state index in [-0.39, 0.29) is 16.7 Å². The molecule has 4 aromatic carbocycles. The molecule has 0 radical (unpaired) electrons. The average molecular weight is 581 g/mol. The Bertz CT molecular complexity index is 1560. The third kappa shape index (κ3) is 6.79. The van der Waals surface area contributed by atoms with E-state index in [1.165, 1.54) is 6.92 Å². The van der Waals surface area contributed by atoms with Crippen LogP contribution >= 0.6 is 0 Å². The lowest BCUT2D eigenvalue weighted by Gasteiger charge is -2.33. The Labute approximate surface area is 247 Å². The maximum Gasteiger partial charge on any atom is 0.340 e. The second-order valence-corrected chi connectivity index (χ2v) is 9.87. The third-order valence-corrected chi connectivity index (χ3v) is 6.85. The fourth-order valence-electron chi connectivity index (χ4n) is 4.58. The first kappa shape index (κ1) is 29.2. The fourth-order valence-corrected chi connectivity index (χ4v) is 4.58. The number of rotatable bonds is 9. The van der Waals surface area contributed by atoms with E-state index < -0.39 is 54.6 Å². The molecule has 1 aliphatic heterocycles. The number of ether oxygens (including phenoxy) is 5. The van der Waals surface area contributed by atoms with Crippen LogP contribution in [0.4, 0.5) is 0 Å². The van der Waals surface area contributed by atoms with Gasteiger partial charge in [-0.1, -0.05) is 72.8 Å². The van der Waals surface area contributed by atoms with Gasteiger partial charge in [0, 0.05) is 0 Å². The van der Waals surface area contributed by atoms with Gasteiger partial charge in [0.05, 0.1) is 22.3 Å². The van der Waals surface area contributed by atoms with Crippen LogP contribution < -0.4 is 0 Å². The van der Waals surface area contributed by atoms with Crippen LogP contribution in [0.25, 0.3) is 0 Å². The number of hydrogen-bond donors (Lipinski definition) is 0. The van der Waals surface area contributed by atoms with Gasteiger partial charge in [-0.3, -0.25) is 0 Å². The first-order valence-corrected chi connectivity index (χ1v) is 13.5. The van der Waals surface area contributed by atoms with Gasteiger partial charge in [-0.05, 0) is 55.5 Å². The lowest BCUT2D eigenvalue weighted by molar-refractivity contribution is -0.175. The highest BCUT2D eigenvalue weighted by atomic mass is 16.8. The molecule has 0 bridgehead atoms. The number of benzene rings is 4. The largest absolute Gasteiger partial charge is 0.459 e. The van der Waals surface area contributed by atoms with E-state index in [0.717, 1.165) is 0 Å². The van der Waals surface area contributed by atoms with E-state index in [2.05, 4.69) is 0 Å². The minimum Gasteiger partial charge on any atom is -0.459 e. The molecule has 0 saturated carbocycles. The van der Waals surface area contributed by atoms with Crippen molar-refractivity contribution in [3.8, 4) is 0 Å². The predicted octanol–water partition coefficient (Wildman–Crippen LogP) is 5.27. The molecule has 43 heavy (non-hydrogen) atoms. The Morgan fingerprint density at radius 2 is 0.977 bits per heavy atom. The fraction of sp³-hybridized carbons (Fsp3) is 0.176. The summed E-state index contributed by atoms with van der Waals surface area (Å²) in [6, 6.07) is 32.8. The predicted molar refractivity (Wildman–Crippen MR) is 153 cm³/mol. The molecular formula is C34H28O9. The summed E-state index contributed by atoms with van der Waals surface area (Å²) in [5.74, 6) is -2.92. The highest BCUT2D eigenvalue weighted by Crippen LogP contribution is 2.39. The second-order valence-electron chi connectivity index (χ2n) is 9.87. The Hall–Kier alpha value is -5.28. The maximum atomic E-state index is 13.3. The highest BCUT2D eigenvalue weighted by Gasteiger charge is 2.61.